The first-order valence-corrected chi connectivity index (χ1v) is 5.51. The van der Waals surface area contributed by atoms with Crippen molar-refractivity contribution in [2.75, 3.05) is 0 Å². The van der Waals surface area contributed by atoms with Gasteiger partial charge in [0.15, 0.2) is 0 Å². The molecule has 1 aromatic rings. The molecule has 3 nitrogen and oxygen atoms in total. The molecule has 0 amide bonds. The Balaban J connectivity index is 3.26. The molecule has 0 aliphatic rings. The number of halogens is 2. The lowest BCUT2D eigenvalue weighted by Crippen LogP contribution is -2.03. The van der Waals surface area contributed by atoms with E-state index in [1.165, 1.54) is 0 Å². The molecule has 0 saturated carbocycles. The van der Waals surface area contributed by atoms with Gasteiger partial charge >= 0.3 is 5.97 Å². The fraction of sp³-hybridized carbons (Fsp3) is 0.111. The summed E-state index contributed by atoms with van der Waals surface area (Å²) in [6, 6.07) is 5.47. The van der Waals surface area contributed by atoms with Crippen molar-refractivity contribution < 1.29 is 9.90 Å². The van der Waals surface area contributed by atoms with Crippen LogP contribution in [0.4, 0.5) is 0 Å². The molecule has 0 saturated heterocycles. The van der Waals surface area contributed by atoms with Crippen molar-refractivity contribution in [3.05, 3.63) is 31.3 Å². The molecule has 14 heavy (non-hydrogen) atoms. The van der Waals surface area contributed by atoms with E-state index in [1.54, 1.807) is 12.1 Å². The van der Waals surface area contributed by atoms with Gasteiger partial charge in [-0.2, -0.15) is 5.26 Å². The molecule has 5 heteroatoms. The molecule has 0 fully saturated rings. The zero-order valence-electron chi connectivity index (χ0n) is 6.92. The minimum absolute atomic E-state index is 0.127. The van der Waals surface area contributed by atoms with Crippen molar-refractivity contribution in [1.82, 2.24) is 0 Å². The number of aliphatic carboxylic acids is 1. The van der Waals surface area contributed by atoms with Crippen molar-refractivity contribution in [2.45, 2.75) is 6.42 Å². The van der Waals surface area contributed by atoms with Crippen LogP contribution in [-0.2, 0) is 11.2 Å². The van der Waals surface area contributed by atoms with E-state index in [4.69, 9.17) is 10.4 Å². The molecular formula is C9H5BrINO2. The fourth-order valence-electron chi connectivity index (χ4n) is 1.05. The number of hydrogen-bond acceptors (Lipinski definition) is 2. The van der Waals surface area contributed by atoms with Crippen LogP contribution in [0.5, 0.6) is 0 Å². The van der Waals surface area contributed by atoms with Crippen LogP contribution in [0.2, 0.25) is 0 Å². The molecule has 0 aliphatic heterocycles. The number of nitrogens with zero attached hydrogens (tertiary/aromatic N) is 1. The molecule has 1 rings (SSSR count). The van der Waals surface area contributed by atoms with Gasteiger partial charge in [0.2, 0.25) is 0 Å². The van der Waals surface area contributed by atoms with Crippen molar-refractivity contribution in [3.63, 3.8) is 0 Å². The Bertz CT molecular complexity index is 426. The van der Waals surface area contributed by atoms with Gasteiger partial charge < -0.3 is 5.11 Å². The van der Waals surface area contributed by atoms with E-state index in [1.807, 2.05) is 6.07 Å². The summed E-state index contributed by atoms with van der Waals surface area (Å²) in [6.07, 6.45) is -0.127. The lowest BCUT2D eigenvalue weighted by Gasteiger charge is -2.03. The topological polar surface area (TPSA) is 61.1 Å². The molecule has 0 aliphatic carbocycles. The molecule has 0 aromatic heterocycles. The zero-order valence-corrected chi connectivity index (χ0v) is 10.7. The van der Waals surface area contributed by atoms with Gasteiger partial charge in [0.1, 0.15) is 6.07 Å². The summed E-state index contributed by atoms with van der Waals surface area (Å²) in [6.45, 7) is 0. The third kappa shape index (κ3) is 2.69. The quantitative estimate of drug-likeness (QED) is 0.819. The van der Waals surface area contributed by atoms with Gasteiger partial charge in [0.05, 0.1) is 12.0 Å². The average molecular weight is 366 g/mol. The van der Waals surface area contributed by atoms with Crippen LogP contribution < -0.4 is 0 Å². The highest BCUT2D eigenvalue weighted by atomic mass is 127. The number of carboxylic acids is 1. The summed E-state index contributed by atoms with van der Waals surface area (Å²) in [5, 5.41) is 17.5. The highest BCUT2D eigenvalue weighted by Crippen LogP contribution is 2.23. The highest BCUT2D eigenvalue weighted by molar-refractivity contribution is 14.1. The van der Waals surface area contributed by atoms with Gasteiger partial charge in [0, 0.05) is 8.04 Å². The summed E-state index contributed by atoms with van der Waals surface area (Å²) in [5.41, 5.74) is 0.937. The van der Waals surface area contributed by atoms with Crippen LogP contribution in [0.15, 0.2) is 16.6 Å². The van der Waals surface area contributed by atoms with Gasteiger partial charge in [-0.15, -0.1) is 0 Å². The SMILES string of the molecule is N#Cc1c(Br)cc(I)cc1CC(=O)O. The fourth-order valence-corrected chi connectivity index (χ4v) is 2.76. The molecule has 0 spiro atoms. The second kappa shape index (κ2) is 4.75. The minimum atomic E-state index is -0.935. The van der Waals surface area contributed by atoms with Crippen molar-refractivity contribution in [2.24, 2.45) is 0 Å². The summed E-state index contributed by atoms with van der Waals surface area (Å²) in [4.78, 5) is 10.5. The number of carbonyl (C=O) groups is 1. The Morgan fingerprint density at radius 2 is 2.29 bits per heavy atom. The Morgan fingerprint density at radius 3 is 2.79 bits per heavy atom. The maximum Gasteiger partial charge on any atom is 0.307 e. The Kier molecular flexibility index (Phi) is 3.89. The standard InChI is InChI=1S/C9H5BrINO2/c10-8-3-6(11)1-5(2-9(13)14)7(8)4-12/h1,3H,2H2,(H,13,14). The van der Waals surface area contributed by atoms with E-state index in [0.29, 0.717) is 15.6 Å². The second-order valence-corrected chi connectivity index (χ2v) is 4.70. The summed E-state index contributed by atoms with van der Waals surface area (Å²) < 4.78 is 1.55. The smallest absolute Gasteiger partial charge is 0.307 e. The number of carboxylic acid groups (broad SMARTS) is 1. The number of hydrogen-bond donors (Lipinski definition) is 1. The van der Waals surface area contributed by atoms with Crippen LogP contribution in [0, 0.1) is 14.9 Å². The van der Waals surface area contributed by atoms with Crippen LogP contribution >= 0.6 is 38.5 Å². The summed E-state index contributed by atoms with van der Waals surface area (Å²) in [7, 11) is 0. The lowest BCUT2D eigenvalue weighted by molar-refractivity contribution is -0.136. The molecule has 0 radical (unpaired) electrons. The van der Waals surface area contributed by atoms with Crippen molar-refractivity contribution in [3.8, 4) is 6.07 Å². The van der Waals surface area contributed by atoms with Crippen molar-refractivity contribution in [1.29, 1.82) is 5.26 Å². The molecular weight excluding hydrogens is 361 g/mol. The predicted molar refractivity (Wildman–Crippen MR) is 62.9 cm³/mol. The third-order valence-electron chi connectivity index (χ3n) is 1.59. The number of nitriles is 1. The van der Waals surface area contributed by atoms with Gasteiger partial charge in [-0.05, 0) is 56.2 Å². The summed E-state index contributed by atoms with van der Waals surface area (Å²) >= 11 is 5.31. The normalized spacial score (nSPS) is 9.50. The third-order valence-corrected chi connectivity index (χ3v) is 2.84. The van der Waals surface area contributed by atoms with Gasteiger partial charge in [-0.1, -0.05) is 0 Å². The predicted octanol–water partition coefficient (Wildman–Crippen LogP) is 2.55. The Morgan fingerprint density at radius 1 is 1.64 bits per heavy atom. The molecule has 0 bridgehead atoms. The first kappa shape index (κ1) is 11.5. The van der Waals surface area contributed by atoms with Crippen molar-refractivity contribution >= 4 is 44.5 Å². The summed E-state index contributed by atoms with van der Waals surface area (Å²) in [5.74, 6) is -0.935. The van der Waals surface area contributed by atoms with E-state index in [0.717, 1.165) is 3.57 Å². The van der Waals surface area contributed by atoms with Gasteiger partial charge in [0.25, 0.3) is 0 Å². The molecule has 0 atom stereocenters. The van der Waals surface area contributed by atoms with E-state index < -0.39 is 5.97 Å². The van der Waals surface area contributed by atoms with Crippen LogP contribution in [0.25, 0.3) is 0 Å². The van der Waals surface area contributed by atoms with Crippen LogP contribution in [0.3, 0.4) is 0 Å². The van der Waals surface area contributed by atoms with Gasteiger partial charge in [-0.25, -0.2) is 0 Å². The first-order chi connectivity index (χ1) is 6.54. The lowest BCUT2D eigenvalue weighted by atomic mass is 10.1. The highest BCUT2D eigenvalue weighted by Gasteiger charge is 2.10. The number of benzene rings is 1. The molecule has 72 valence electrons. The first-order valence-electron chi connectivity index (χ1n) is 3.64. The van der Waals surface area contributed by atoms with E-state index in [2.05, 4.69) is 38.5 Å². The van der Waals surface area contributed by atoms with E-state index >= 15 is 0 Å². The van der Waals surface area contributed by atoms with Crippen LogP contribution in [-0.4, -0.2) is 11.1 Å². The van der Waals surface area contributed by atoms with E-state index in [9.17, 15) is 4.79 Å². The number of rotatable bonds is 2. The molecule has 0 heterocycles. The largest absolute Gasteiger partial charge is 0.481 e. The van der Waals surface area contributed by atoms with Gasteiger partial charge in [-0.3, -0.25) is 4.79 Å². The minimum Gasteiger partial charge on any atom is -0.481 e. The monoisotopic (exact) mass is 365 g/mol. The maximum atomic E-state index is 10.5. The Labute approximate surface area is 103 Å². The average Bonchev–Trinajstić information content (AvgIpc) is 2.01. The maximum absolute atomic E-state index is 10.5. The molecule has 1 N–H and O–H groups in total. The second-order valence-electron chi connectivity index (χ2n) is 2.60. The van der Waals surface area contributed by atoms with E-state index in [-0.39, 0.29) is 6.42 Å². The molecule has 1 aromatic carbocycles. The van der Waals surface area contributed by atoms with Crippen LogP contribution in [0.1, 0.15) is 11.1 Å². The molecule has 0 unspecified atom stereocenters. The Hall–Kier alpha value is -0.610. The zero-order chi connectivity index (χ0) is 10.7.